The first-order valence-corrected chi connectivity index (χ1v) is 4.77. The molecule has 0 unspecified atom stereocenters. The molecule has 0 fully saturated rings. The lowest BCUT2D eigenvalue weighted by Crippen LogP contribution is -1.96. The molecule has 1 rings (SSSR count). The number of rotatable bonds is 1. The molecule has 0 aliphatic heterocycles. The minimum absolute atomic E-state index is 0.159. The Balaban J connectivity index is 2.58. The SMILES string of the molecule is COC(=O)CC#Cc1cscc1C. The van der Waals surface area contributed by atoms with Gasteiger partial charge in [0.25, 0.3) is 0 Å². The third kappa shape index (κ3) is 2.92. The van der Waals surface area contributed by atoms with Crippen LogP contribution in [0.25, 0.3) is 0 Å². The molecule has 0 atom stereocenters. The zero-order chi connectivity index (χ0) is 9.68. The van der Waals surface area contributed by atoms with Crippen LogP contribution >= 0.6 is 11.3 Å². The first kappa shape index (κ1) is 9.82. The molecule has 0 aliphatic carbocycles. The minimum Gasteiger partial charge on any atom is -0.468 e. The van der Waals surface area contributed by atoms with Crippen LogP contribution in [-0.2, 0) is 9.53 Å². The van der Waals surface area contributed by atoms with Gasteiger partial charge in [0.2, 0.25) is 0 Å². The summed E-state index contributed by atoms with van der Waals surface area (Å²) in [5, 5.41) is 4.00. The Hall–Kier alpha value is -1.27. The van der Waals surface area contributed by atoms with Crippen molar-refractivity contribution in [3.05, 3.63) is 21.9 Å². The van der Waals surface area contributed by atoms with Gasteiger partial charge in [-0.15, -0.1) is 0 Å². The smallest absolute Gasteiger partial charge is 0.317 e. The van der Waals surface area contributed by atoms with Crippen molar-refractivity contribution >= 4 is 17.3 Å². The number of thiophene rings is 1. The Morgan fingerprint density at radius 1 is 1.62 bits per heavy atom. The molecule has 3 heteroatoms. The quantitative estimate of drug-likeness (QED) is 0.504. The van der Waals surface area contributed by atoms with Gasteiger partial charge in [-0.25, -0.2) is 0 Å². The summed E-state index contributed by atoms with van der Waals surface area (Å²) in [5.74, 6) is 5.39. The molecule has 0 saturated carbocycles. The Labute approximate surface area is 81.5 Å². The Morgan fingerprint density at radius 3 is 2.92 bits per heavy atom. The maximum atomic E-state index is 10.7. The molecule has 13 heavy (non-hydrogen) atoms. The van der Waals surface area contributed by atoms with Crippen molar-refractivity contribution in [3.63, 3.8) is 0 Å². The van der Waals surface area contributed by atoms with Gasteiger partial charge in [-0.3, -0.25) is 4.79 Å². The van der Waals surface area contributed by atoms with Gasteiger partial charge in [-0.1, -0.05) is 11.8 Å². The van der Waals surface area contributed by atoms with Crippen LogP contribution in [0.2, 0.25) is 0 Å². The van der Waals surface area contributed by atoms with Crippen LogP contribution in [0.1, 0.15) is 17.5 Å². The fourth-order valence-corrected chi connectivity index (χ4v) is 1.55. The first-order valence-electron chi connectivity index (χ1n) is 3.82. The molecule has 1 heterocycles. The van der Waals surface area contributed by atoms with Crippen LogP contribution in [0.15, 0.2) is 10.8 Å². The van der Waals surface area contributed by atoms with Crippen molar-refractivity contribution in [1.82, 2.24) is 0 Å². The van der Waals surface area contributed by atoms with Gasteiger partial charge in [0.15, 0.2) is 0 Å². The van der Waals surface area contributed by atoms with Gasteiger partial charge in [-0.2, -0.15) is 11.3 Å². The number of hydrogen-bond donors (Lipinski definition) is 0. The molecule has 68 valence electrons. The van der Waals surface area contributed by atoms with E-state index in [2.05, 4.69) is 16.6 Å². The van der Waals surface area contributed by atoms with Crippen LogP contribution in [-0.4, -0.2) is 13.1 Å². The second kappa shape index (κ2) is 4.68. The van der Waals surface area contributed by atoms with Crippen molar-refractivity contribution in [2.45, 2.75) is 13.3 Å². The topological polar surface area (TPSA) is 26.3 Å². The van der Waals surface area contributed by atoms with Gasteiger partial charge in [-0.05, 0) is 17.9 Å². The van der Waals surface area contributed by atoms with Gasteiger partial charge in [0, 0.05) is 10.9 Å². The predicted octanol–water partition coefficient (Wildman–Crippen LogP) is 1.97. The molecule has 0 saturated heterocycles. The summed E-state index contributed by atoms with van der Waals surface area (Å²) >= 11 is 1.61. The molecule has 1 aromatic heterocycles. The molecule has 0 aliphatic rings. The number of esters is 1. The molecule has 2 nitrogen and oxygen atoms in total. The zero-order valence-corrected chi connectivity index (χ0v) is 8.40. The van der Waals surface area contributed by atoms with Crippen molar-refractivity contribution in [3.8, 4) is 11.8 Å². The normalized spacial score (nSPS) is 8.77. The second-order valence-electron chi connectivity index (χ2n) is 2.52. The van der Waals surface area contributed by atoms with Crippen LogP contribution in [0.3, 0.4) is 0 Å². The van der Waals surface area contributed by atoms with Crippen molar-refractivity contribution < 1.29 is 9.53 Å². The van der Waals surface area contributed by atoms with Crippen LogP contribution in [0, 0.1) is 18.8 Å². The van der Waals surface area contributed by atoms with E-state index in [-0.39, 0.29) is 12.4 Å². The van der Waals surface area contributed by atoms with E-state index in [9.17, 15) is 4.79 Å². The molecular weight excluding hydrogens is 184 g/mol. The van der Waals surface area contributed by atoms with Gasteiger partial charge in [0.05, 0.1) is 7.11 Å². The standard InChI is InChI=1S/C10H10O2S/c1-8-6-13-7-9(8)4-3-5-10(11)12-2/h6-7H,5H2,1-2H3. The maximum Gasteiger partial charge on any atom is 0.317 e. The summed E-state index contributed by atoms with van der Waals surface area (Å²) in [6, 6.07) is 0. The highest BCUT2D eigenvalue weighted by Crippen LogP contribution is 2.11. The summed E-state index contributed by atoms with van der Waals surface area (Å²) in [7, 11) is 1.36. The lowest BCUT2D eigenvalue weighted by Gasteiger charge is -1.89. The lowest BCUT2D eigenvalue weighted by molar-refractivity contribution is -0.139. The van der Waals surface area contributed by atoms with Crippen molar-refractivity contribution in [2.24, 2.45) is 0 Å². The average molecular weight is 194 g/mol. The van der Waals surface area contributed by atoms with Gasteiger partial charge in [0.1, 0.15) is 6.42 Å². The molecule has 0 N–H and O–H groups in total. The van der Waals surface area contributed by atoms with E-state index in [1.165, 1.54) is 7.11 Å². The number of hydrogen-bond acceptors (Lipinski definition) is 3. The van der Waals surface area contributed by atoms with Crippen LogP contribution < -0.4 is 0 Å². The van der Waals surface area contributed by atoms with Gasteiger partial charge >= 0.3 is 5.97 Å². The molecular formula is C10H10O2S. The fraction of sp³-hybridized carbons (Fsp3) is 0.300. The molecule has 0 bridgehead atoms. The molecule has 1 aromatic rings. The molecule has 0 radical (unpaired) electrons. The number of aryl methyl sites for hydroxylation is 1. The number of methoxy groups -OCH3 is 1. The summed E-state index contributed by atoms with van der Waals surface area (Å²) in [4.78, 5) is 10.7. The first-order chi connectivity index (χ1) is 6.24. The molecule has 0 spiro atoms. The summed E-state index contributed by atoms with van der Waals surface area (Å²) in [5.41, 5.74) is 2.15. The lowest BCUT2D eigenvalue weighted by atomic mass is 10.2. The third-order valence-corrected chi connectivity index (χ3v) is 2.40. The van der Waals surface area contributed by atoms with Crippen molar-refractivity contribution in [2.75, 3.05) is 7.11 Å². The fourth-order valence-electron chi connectivity index (χ4n) is 0.772. The highest BCUT2D eigenvalue weighted by atomic mass is 32.1. The number of carbonyl (C=O) groups is 1. The summed E-state index contributed by atoms with van der Waals surface area (Å²) < 4.78 is 4.46. The minimum atomic E-state index is -0.291. The summed E-state index contributed by atoms with van der Waals surface area (Å²) in [6.45, 7) is 2.00. The van der Waals surface area contributed by atoms with Crippen LogP contribution in [0.4, 0.5) is 0 Å². The van der Waals surface area contributed by atoms with E-state index in [0.29, 0.717) is 0 Å². The van der Waals surface area contributed by atoms with E-state index >= 15 is 0 Å². The molecule has 0 aromatic carbocycles. The maximum absolute atomic E-state index is 10.7. The van der Waals surface area contributed by atoms with E-state index in [0.717, 1.165) is 11.1 Å². The molecule has 0 amide bonds. The second-order valence-corrected chi connectivity index (χ2v) is 3.27. The Morgan fingerprint density at radius 2 is 2.38 bits per heavy atom. The van der Waals surface area contributed by atoms with Crippen molar-refractivity contribution in [1.29, 1.82) is 0 Å². The largest absolute Gasteiger partial charge is 0.468 e. The van der Waals surface area contributed by atoms with E-state index in [1.807, 2.05) is 17.7 Å². The van der Waals surface area contributed by atoms with Crippen LogP contribution in [0.5, 0.6) is 0 Å². The number of ether oxygens (including phenoxy) is 1. The highest BCUT2D eigenvalue weighted by molar-refractivity contribution is 7.08. The third-order valence-electron chi connectivity index (χ3n) is 1.54. The number of carbonyl (C=O) groups excluding carboxylic acids is 1. The van der Waals surface area contributed by atoms with E-state index < -0.39 is 0 Å². The van der Waals surface area contributed by atoms with Gasteiger partial charge < -0.3 is 4.74 Å². The summed E-state index contributed by atoms with van der Waals surface area (Å²) in [6.07, 6.45) is 0.159. The Kier molecular flexibility index (Phi) is 3.53. The zero-order valence-electron chi connectivity index (χ0n) is 7.59. The average Bonchev–Trinajstić information content (AvgIpc) is 2.52. The predicted molar refractivity (Wildman–Crippen MR) is 52.6 cm³/mol. The monoisotopic (exact) mass is 194 g/mol. The Bertz CT molecular complexity index is 354. The van der Waals surface area contributed by atoms with E-state index in [1.54, 1.807) is 11.3 Å². The van der Waals surface area contributed by atoms with E-state index in [4.69, 9.17) is 0 Å². The highest BCUT2D eigenvalue weighted by Gasteiger charge is 1.95.